The number of amides is 1. The first kappa shape index (κ1) is 30.2. The summed E-state index contributed by atoms with van der Waals surface area (Å²) in [4.78, 5) is 41.4. The number of nitrogens with zero attached hydrogens (tertiary/aromatic N) is 2. The van der Waals surface area contributed by atoms with E-state index < -0.39 is 21.9 Å². The van der Waals surface area contributed by atoms with Crippen LogP contribution in [0, 0.1) is 5.92 Å². The molecule has 1 fully saturated rings. The van der Waals surface area contributed by atoms with Crippen molar-refractivity contribution in [2.24, 2.45) is 5.92 Å². The summed E-state index contributed by atoms with van der Waals surface area (Å²) in [5, 5.41) is 3.32. The van der Waals surface area contributed by atoms with Crippen molar-refractivity contribution in [1.82, 2.24) is 9.21 Å². The van der Waals surface area contributed by atoms with Gasteiger partial charge in [-0.1, -0.05) is 0 Å². The van der Waals surface area contributed by atoms with E-state index in [1.165, 1.54) is 39.9 Å². The Kier molecular flexibility index (Phi) is 9.65. The summed E-state index contributed by atoms with van der Waals surface area (Å²) in [6.45, 7) is 10.2. The van der Waals surface area contributed by atoms with Gasteiger partial charge >= 0.3 is 11.9 Å². The molecule has 0 radical (unpaired) electrons. The maximum Gasteiger partial charge on any atom is 0.341 e. The molecule has 40 heavy (non-hydrogen) atoms. The van der Waals surface area contributed by atoms with Crippen molar-refractivity contribution >= 4 is 44.2 Å². The van der Waals surface area contributed by atoms with E-state index in [9.17, 15) is 22.8 Å². The predicted octanol–water partition coefficient (Wildman–Crippen LogP) is 3.91. The summed E-state index contributed by atoms with van der Waals surface area (Å²) in [5.74, 6) is -1.48. The fourth-order valence-corrected chi connectivity index (χ4v) is 7.79. The van der Waals surface area contributed by atoms with Gasteiger partial charge in [-0.2, -0.15) is 4.31 Å². The average molecular weight is 592 g/mol. The Morgan fingerprint density at radius 1 is 1.02 bits per heavy atom. The van der Waals surface area contributed by atoms with Crippen LogP contribution in [0.1, 0.15) is 71.7 Å². The summed E-state index contributed by atoms with van der Waals surface area (Å²) >= 11 is 1.38. The van der Waals surface area contributed by atoms with Crippen molar-refractivity contribution in [3.05, 3.63) is 45.8 Å². The van der Waals surface area contributed by atoms with Gasteiger partial charge in [-0.3, -0.25) is 14.5 Å². The number of esters is 2. The van der Waals surface area contributed by atoms with Crippen LogP contribution in [0.3, 0.4) is 0 Å². The Labute approximate surface area is 239 Å². The van der Waals surface area contributed by atoms with E-state index in [4.69, 9.17) is 9.47 Å². The van der Waals surface area contributed by atoms with Gasteiger partial charge in [0.15, 0.2) is 0 Å². The standard InChI is InChI=1S/C28H37N3O7S2/c1-5-37-27(33)20-11-15-31(16-12-20)40(35,36)21-9-7-19(8-10-21)25(32)29-26-24(28(34)38-6-2)22-13-14-30(18(3)4)17-23(22)39-26/h7-10,18,20H,5-6,11-17H2,1-4H3,(H,29,32). The molecule has 4 rings (SSSR count). The lowest BCUT2D eigenvalue weighted by Crippen LogP contribution is -2.40. The molecule has 12 heteroatoms. The summed E-state index contributed by atoms with van der Waals surface area (Å²) < 4.78 is 38.1. The minimum atomic E-state index is -3.78. The van der Waals surface area contributed by atoms with Gasteiger partial charge < -0.3 is 14.8 Å². The molecule has 0 aliphatic carbocycles. The zero-order chi connectivity index (χ0) is 29.0. The van der Waals surface area contributed by atoms with Crippen molar-refractivity contribution in [3.63, 3.8) is 0 Å². The Morgan fingerprint density at radius 3 is 2.27 bits per heavy atom. The van der Waals surface area contributed by atoms with Crippen molar-refractivity contribution in [1.29, 1.82) is 0 Å². The van der Waals surface area contributed by atoms with Gasteiger partial charge in [0.2, 0.25) is 10.0 Å². The first-order valence-corrected chi connectivity index (χ1v) is 16.0. The Morgan fingerprint density at radius 2 is 1.68 bits per heavy atom. The van der Waals surface area contributed by atoms with Gasteiger partial charge in [-0.05, 0) is 76.8 Å². The number of sulfonamides is 1. The molecular weight excluding hydrogens is 554 g/mol. The van der Waals surface area contributed by atoms with E-state index in [1.54, 1.807) is 13.8 Å². The SMILES string of the molecule is CCOC(=O)c1c(NC(=O)c2ccc(S(=O)(=O)N3CCC(C(=O)OCC)CC3)cc2)sc2c1CCN(C(C)C)C2. The number of carbonyl (C=O) groups is 3. The molecule has 1 N–H and O–H groups in total. The lowest BCUT2D eigenvalue weighted by Gasteiger charge is -2.30. The largest absolute Gasteiger partial charge is 0.466 e. The first-order valence-electron chi connectivity index (χ1n) is 13.7. The third-order valence-corrected chi connectivity index (χ3v) is 10.4. The van der Waals surface area contributed by atoms with Gasteiger partial charge in [0, 0.05) is 42.7 Å². The van der Waals surface area contributed by atoms with Crippen molar-refractivity contribution in [2.75, 3.05) is 38.2 Å². The fraction of sp³-hybridized carbons (Fsp3) is 0.536. The quantitative estimate of drug-likeness (QED) is 0.436. The monoisotopic (exact) mass is 591 g/mol. The van der Waals surface area contributed by atoms with Crippen LogP contribution in [-0.4, -0.2) is 74.4 Å². The van der Waals surface area contributed by atoms with Crippen LogP contribution in [0.5, 0.6) is 0 Å². The molecule has 2 aromatic rings. The summed E-state index contributed by atoms with van der Waals surface area (Å²) in [6.07, 6.45) is 1.50. The molecule has 0 unspecified atom stereocenters. The summed E-state index contributed by atoms with van der Waals surface area (Å²) in [7, 11) is -3.78. The highest BCUT2D eigenvalue weighted by atomic mass is 32.2. The van der Waals surface area contributed by atoms with Gasteiger partial charge in [0.25, 0.3) is 5.91 Å². The zero-order valence-electron chi connectivity index (χ0n) is 23.4. The third kappa shape index (κ3) is 6.40. The highest BCUT2D eigenvalue weighted by Crippen LogP contribution is 2.38. The van der Waals surface area contributed by atoms with Crippen LogP contribution in [0.4, 0.5) is 5.00 Å². The number of hydrogen-bond donors (Lipinski definition) is 1. The van der Waals surface area contributed by atoms with Crippen LogP contribution in [0.2, 0.25) is 0 Å². The summed E-state index contributed by atoms with van der Waals surface area (Å²) in [5.41, 5.74) is 1.60. The number of anilines is 1. The molecule has 2 aliphatic heterocycles. The number of rotatable bonds is 9. The van der Waals surface area contributed by atoms with Gasteiger partial charge in [-0.15, -0.1) is 11.3 Å². The second kappa shape index (κ2) is 12.8. The molecule has 10 nitrogen and oxygen atoms in total. The number of piperidine rings is 1. The maximum atomic E-state index is 13.2. The lowest BCUT2D eigenvalue weighted by atomic mass is 9.98. The van der Waals surface area contributed by atoms with Crippen LogP contribution in [-0.2, 0) is 37.3 Å². The minimum Gasteiger partial charge on any atom is -0.466 e. The maximum absolute atomic E-state index is 13.2. The minimum absolute atomic E-state index is 0.0752. The van der Waals surface area contributed by atoms with E-state index in [1.807, 2.05) is 0 Å². The third-order valence-electron chi connectivity index (χ3n) is 7.35. The fourth-order valence-electron chi connectivity index (χ4n) is 5.07. The Bertz CT molecular complexity index is 1340. The smallest absolute Gasteiger partial charge is 0.341 e. The molecule has 1 amide bonds. The first-order chi connectivity index (χ1) is 19.1. The van der Waals surface area contributed by atoms with Crippen LogP contribution in [0.25, 0.3) is 0 Å². The van der Waals surface area contributed by atoms with E-state index in [2.05, 4.69) is 24.1 Å². The van der Waals surface area contributed by atoms with E-state index in [0.717, 1.165) is 17.0 Å². The second-order valence-electron chi connectivity index (χ2n) is 10.2. The highest BCUT2D eigenvalue weighted by Gasteiger charge is 2.33. The number of thiophene rings is 1. The van der Waals surface area contributed by atoms with E-state index >= 15 is 0 Å². The van der Waals surface area contributed by atoms with Gasteiger partial charge in [-0.25, -0.2) is 13.2 Å². The number of carbonyl (C=O) groups excluding carboxylic acids is 3. The van der Waals surface area contributed by atoms with Gasteiger partial charge in [0.1, 0.15) is 5.00 Å². The van der Waals surface area contributed by atoms with Crippen LogP contribution < -0.4 is 5.32 Å². The molecule has 1 aromatic carbocycles. The highest BCUT2D eigenvalue weighted by molar-refractivity contribution is 7.89. The molecule has 218 valence electrons. The van der Waals surface area contributed by atoms with E-state index in [-0.39, 0.29) is 42.0 Å². The van der Waals surface area contributed by atoms with Crippen molar-refractivity contribution in [2.45, 2.75) is 64.4 Å². The van der Waals surface area contributed by atoms with Crippen molar-refractivity contribution in [3.8, 4) is 0 Å². The van der Waals surface area contributed by atoms with E-state index in [0.29, 0.717) is 49.0 Å². The zero-order valence-corrected chi connectivity index (χ0v) is 25.0. The second-order valence-corrected chi connectivity index (χ2v) is 13.2. The molecule has 0 atom stereocenters. The molecular formula is C28H37N3O7S2. The van der Waals surface area contributed by atoms with Crippen LogP contribution in [0.15, 0.2) is 29.2 Å². The molecule has 1 aromatic heterocycles. The molecule has 1 saturated heterocycles. The topological polar surface area (TPSA) is 122 Å². The van der Waals surface area contributed by atoms with Gasteiger partial charge in [0.05, 0.1) is 29.6 Å². The van der Waals surface area contributed by atoms with Crippen molar-refractivity contribution < 1.29 is 32.3 Å². The number of nitrogens with one attached hydrogen (secondary N) is 1. The normalized spacial score (nSPS) is 16.9. The molecule has 0 spiro atoms. The lowest BCUT2D eigenvalue weighted by molar-refractivity contribution is -0.149. The average Bonchev–Trinajstić information content (AvgIpc) is 3.30. The Balaban J connectivity index is 1.48. The molecule has 3 heterocycles. The number of fused-ring (bicyclic) bond motifs is 1. The molecule has 0 saturated carbocycles. The number of hydrogen-bond acceptors (Lipinski definition) is 9. The molecule has 2 aliphatic rings. The van der Waals surface area contributed by atoms with Crippen LogP contribution >= 0.6 is 11.3 Å². The Hall–Kier alpha value is -2.80. The molecule has 0 bridgehead atoms. The predicted molar refractivity (Wildman–Crippen MR) is 152 cm³/mol. The number of ether oxygens (including phenoxy) is 2. The number of benzene rings is 1. The summed E-state index contributed by atoms with van der Waals surface area (Å²) in [6, 6.07) is 6.11.